The third kappa shape index (κ3) is 3.42. The van der Waals surface area contributed by atoms with Crippen molar-refractivity contribution in [3.8, 4) is 0 Å². The molecule has 0 amide bonds. The monoisotopic (exact) mass is 432 g/mol. The first kappa shape index (κ1) is 20.6. The van der Waals surface area contributed by atoms with Crippen molar-refractivity contribution < 1.29 is 0 Å². The maximum absolute atomic E-state index is 13.5. The highest BCUT2D eigenvalue weighted by molar-refractivity contribution is 5.81. The Bertz CT molecular complexity index is 1370. The van der Waals surface area contributed by atoms with Crippen LogP contribution in [0.5, 0.6) is 0 Å². The van der Waals surface area contributed by atoms with Gasteiger partial charge in [-0.3, -0.25) is 4.79 Å². The number of hydrogen-bond acceptors (Lipinski definition) is 7. The van der Waals surface area contributed by atoms with Gasteiger partial charge >= 0.3 is 0 Å². The van der Waals surface area contributed by atoms with Crippen LogP contribution in [-0.4, -0.2) is 48.4 Å². The van der Waals surface area contributed by atoms with Crippen molar-refractivity contribution in [2.24, 2.45) is 5.73 Å². The van der Waals surface area contributed by atoms with Gasteiger partial charge in [0.15, 0.2) is 5.82 Å². The number of fused-ring (bicyclic) bond motifs is 2. The molecule has 3 aromatic heterocycles. The second-order valence-corrected chi connectivity index (χ2v) is 8.49. The van der Waals surface area contributed by atoms with Gasteiger partial charge in [-0.05, 0) is 39.7 Å². The Hall–Kier alpha value is -3.33. The summed E-state index contributed by atoms with van der Waals surface area (Å²) in [4.78, 5) is 29.8. The summed E-state index contributed by atoms with van der Waals surface area (Å²) >= 11 is 0. The van der Waals surface area contributed by atoms with E-state index < -0.39 is 0 Å². The molecule has 9 heteroatoms. The summed E-state index contributed by atoms with van der Waals surface area (Å²) in [6.45, 7) is 8.37. The van der Waals surface area contributed by atoms with Crippen LogP contribution in [0.2, 0.25) is 0 Å². The molecule has 32 heavy (non-hydrogen) atoms. The standard InChI is InChI=1S/C23H28N8O/c1-4-30-21-20(27-23(30)29-11-7-8-16(24)12-29)15(3)28-31(22(21)32)13-19-25-14(2)17-9-5-6-10-18(17)26-19/h5-6,9-10,16H,4,7-8,11-13,24H2,1-3H3/t16-/m1/s1. The number of benzene rings is 1. The van der Waals surface area contributed by atoms with E-state index >= 15 is 0 Å². The molecule has 2 N–H and O–H groups in total. The van der Waals surface area contributed by atoms with Crippen LogP contribution in [0.4, 0.5) is 5.95 Å². The molecule has 1 aliphatic heterocycles. The molecule has 0 aliphatic carbocycles. The molecule has 1 fully saturated rings. The van der Waals surface area contributed by atoms with Crippen LogP contribution >= 0.6 is 0 Å². The van der Waals surface area contributed by atoms with Gasteiger partial charge in [0.2, 0.25) is 5.95 Å². The molecule has 4 heterocycles. The predicted molar refractivity (Wildman–Crippen MR) is 125 cm³/mol. The quantitative estimate of drug-likeness (QED) is 0.526. The Kier molecular flexibility index (Phi) is 5.13. The molecular formula is C23H28N8O. The molecular weight excluding hydrogens is 404 g/mol. The van der Waals surface area contributed by atoms with Gasteiger partial charge in [0.25, 0.3) is 5.56 Å². The Labute approximate surface area is 185 Å². The number of imidazole rings is 1. The number of anilines is 1. The van der Waals surface area contributed by atoms with E-state index in [1.54, 1.807) is 0 Å². The fourth-order valence-corrected chi connectivity index (χ4v) is 4.65. The maximum atomic E-state index is 13.5. The van der Waals surface area contributed by atoms with Gasteiger partial charge in [-0.15, -0.1) is 0 Å². The summed E-state index contributed by atoms with van der Waals surface area (Å²) in [6, 6.07) is 8.01. The fraction of sp³-hybridized carbons (Fsp3) is 0.435. The Morgan fingerprint density at radius 3 is 2.72 bits per heavy atom. The fourth-order valence-electron chi connectivity index (χ4n) is 4.65. The summed E-state index contributed by atoms with van der Waals surface area (Å²) in [5.41, 5.74) is 9.71. The van der Waals surface area contributed by atoms with Gasteiger partial charge in [0.05, 0.1) is 11.2 Å². The van der Waals surface area contributed by atoms with Crippen molar-refractivity contribution in [1.29, 1.82) is 0 Å². The molecule has 1 atom stereocenters. The molecule has 0 unspecified atom stereocenters. The number of piperidine rings is 1. The molecule has 1 aromatic carbocycles. The van der Waals surface area contributed by atoms with Crippen LogP contribution in [-0.2, 0) is 13.1 Å². The minimum Gasteiger partial charge on any atom is -0.341 e. The Morgan fingerprint density at radius 1 is 1.12 bits per heavy atom. The van der Waals surface area contributed by atoms with Gasteiger partial charge in [-0.1, -0.05) is 18.2 Å². The summed E-state index contributed by atoms with van der Waals surface area (Å²) < 4.78 is 3.45. The van der Waals surface area contributed by atoms with Crippen LogP contribution in [0, 0.1) is 13.8 Å². The first-order chi connectivity index (χ1) is 15.5. The summed E-state index contributed by atoms with van der Waals surface area (Å²) in [7, 11) is 0. The topological polar surface area (TPSA) is 108 Å². The van der Waals surface area contributed by atoms with Crippen LogP contribution in [0.25, 0.3) is 21.9 Å². The lowest BCUT2D eigenvalue weighted by atomic mass is 10.1. The molecule has 0 spiro atoms. The van der Waals surface area contributed by atoms with E-state index in [0.29, 0.717) is 29.1 Å². The van der Waals surface area contributed by atoms with Crippen LogP contribution in [0.1, 0.15) is 37.0 Å². The zero-order valence-electron chi connectivity index (χ0n) is 18.7. The van der Waals surface area contributed by atoms with Crippen molar-refractivity contribution in [3.63, 3.8) is 0 Å². The number of rotatable bonds is 4. The van der Waals surface area contributed by atoms with E-state index in [0.717, 1.165) is 48.5 Å². The zero-order valence-corrected chi connectivity index (χ0v) is 18.7. The SMILES string of the molecule is CCn1c(N2CCC[C@@H](N)C2)nc2c(C)nn(Cc3nc(C)c4ccccc4n3)c(=O)c21. The first-order valence-electron chi connectivity index (χ1n) is 11.2. The molecule has 0 saturated carbocycles. The summed E-state index contributed by atoms with van der Waals surface area (Å²) in [5.74, 6) is 1.37. The average Bonchev–Trinajstić information content (AvgIpc) is 3.18. The second-order valence-electron chi connectivity index (χ2n) is 8.49. The van der Waals surface area contributed by atoms with Crippen LogP contribution < -0.4 is 16.2 Å². The lowest BCUT2D eigenvalue weighted by molar-refractivity contribution is 0.494. The number of hydrogen-bond donors (Lipinski definition) is 1. The van der Waals surface area contributed by atoms with Crippen molar-refractivity contribution in [2.75, 3.05) is 18.0 Å². The minimum absolute atomic E-state index is 0.123. The van der Waals surface area contributed by atoms with E-state index in [4.69, 9.17) is 10.7 Å². The number of aromatic nitrogens is 6. The number of nitrogens with two attached hydrogens (primary N) is 1. The molecule has 1 aliphatic rings. The lowest BCUT2D eigenvalue weighted by Gasteiger charge is -2.31. The minimum atomic E-state index is -0.179. The molecule has 9 nitrogen and oxygen atoms in total. The zero-order chi connectivity index (χ0) is 22.4. The Morgan fingerprint density at radius 2 is 1.94 bits per heavy atom. The van der Waals surface area contributed by atoms with Gasteiger partial charge < -0.3 is 15.2 Å². The molecule has 0 bridgehead atoms. The molecule has 4 aromatic rings. The van der Waals surface area contributed by atoms with Crippen molar-refractivity contribution in [1.82, 2.24) is 29.3 Å². The van der Waals surface area contributed by atoms with Crippen LogP contribution in [0.15, 0.2) is 29.1 Å². The third-order valence-corrected chi connectivity index (χ3v) is 6.19. The first-order valence-corrected chi connectivity index (χ1v) is 11.2. The highest BCUT2D eigenvalue weighted by atomic mass is 16.1. The second kappa shape index (κ2) is 7.98. The highest BCUT2D eigenvalue weighted by Crippen LogP contribution is 2.24. The lowest BCUT2D eigenvalue weighted by Crippen LogP contribution is -2.44. The van der Waals surface area contributed by atoms with Crippen molar-refractivity contribution in [2.45, 2.75) is 52.7 Å². The van der Waals surface area contributed by atoms with Gasteiger partial charge in [0, 0.05) is 36.8 Å². The Balaban J connectivity index is 1.61. The molecule has 0 radical (unpaired) electrons. The maximum Gasteiger partial charge on any atom is 0.293 e. The molecule has 166 valence electrons. The van der Waals surface area contributed by atoms with Gasteiger partial charge in [-0.2, -0.15) is 5.10 Å². The van der Waals surface area contributed by atoms with Gasteiger partial charge in [0.1, 0.15) is 17.6 Å². The summed E-state index contributed by atoms with van der Waals surface area (Å²) in [5, 5.41) is 5.57. The van der Waals surface area contributed by atoms with Crippen molar-refractivity contribution >= 4 is 27.9 Å². The van der Waals surface area contributed by atoms with E-state index in [2.05, 4.69) is 20.0 Å². The largest absolute Gasteiger partial charge is 0.341 e. The highest BCUT2D eigenvalue weighted by Gasteiger charge is 2.25. The van der Waals surface area contributed by atoms with E-state index in [-0.39, 0.29) is 18.1 Å². The number of para-hydroxylation sites is 1. The smallest absolute Gasteiger partial charge is 0.293 e. The predicted octanol–water partition coefficient (Wildman–Crippen LogP) is 2.15. The average molecular weight is 433 g/mol. The summed E-state index contributed by atoms with van der Waals surface area (Å²) in [6.07, 6.45) is 2.04. The number of nitrogens with zero attached hydrogens (tertiary/aromatic N) is 7. The normalized spacial score (nSPS) is 16.9. The van der Waals surface area contributed by atoms with Crippen molar-refractivity contribution in [3.05, 3.63) is 51.8 Å². The van der Waals surface area contributed by atoms with E-state index in [9.17, 15) is 4.79 Å². The van der Waals surface area contributed by atoms with Crippen LogP contribution in [0.3, 0.4) is 0 Å². The molecule has 1 saturated heterocycles. The molecule has 5 rings (SSSR count). The van der Waals surface area contributed by atoms with E-state index in [1.807, 2.05) is 49.6 Å². The van der Waals surface area contributed by atoms with E-state index in [1.165, 1.54) is 4.68 Å². The van der Waals surface area contributed by atoms with Gasteiger partial charge in [-0.25, -0.2) is 19.6 Å². The third-order valence-electron chi connectivity index (χ3n) is 6.19. The number of aryl methyl sites for hydroxylation is 3.